The Kier molecular flexibility index (Phi) is 4.36. The molecule has 0 unspecified atom stereocenters. The highest BCUT2D eigenvalue weighted by molar-refractivity contribution is 6.06. The Hall–Kier alpha value is -2.64. The lowest BCUT2D eigenvalue weighted by Crippen LogP contribution is -2.27. The van der Waals surface area contributed by atoms with Gasteiger partial charge in [0, 0.05) is 11.1 Å². The van der Waals surface area contributed by atoms with Crippen molar-refractivity contribution in [3.8, 4) is 0 Å². The van der Waals surface area contributed by atoms with Gasteiger partial charge in [-0.25, -0.2) is 9.97 Å². The summed E-state index contributed by atoms with van der Waals surface area (Å²) < 4.78 is 1.94. The van der Waals surface area contributed by atoms with Crippen LogP contribution in [0.2, 0.25) is 0 Å². The number of aliphatic hydroxyl groups is 1. The summed E-state index contributed by atoms with van der Waals surface area (Å²) in [5.41, 5.74) is 10.9. The number of nitrogens with two attached hydrogens (primary N) is 1. The molecule has 3 rings (SSSR count). The van der Waals surface area contributed by atoms with Crippen molar-refractivity contribution in [1.82, 2.24) is 20.0 Å². The number of nitrogens with one attached hydrogen (secondary N) is 1. The van der Waals surface area contributed by atoms with E-state index in [1.165, 1.54) is 0 Å². The summed E-state index contributed by atoms with van der Waals surface area (Å²) in [6, 6.07) is 7.74. The standard InChI is InChI=1S/C18H23N5O2/c1-11(2)22-25-9-14-21-15-16(23(14)10-18(3,4)24)12-7-5-6-8-13(12)20-17(15)19/h5-8,22,24H,1,9-10H2,2-4H3,(H2,19,20). The van der Waals surface area contributed by atoms with E-state index in [9.17, 15) is 5.11 Å². The fraction of sp³-hybridized carbons (Fsp3) is 0.333. The Bertz CT molecular complexity index is 940. The van der Waals surface area contributed by atoms with Crippen LogP contribution >= 0.6 is 0 Å². The average Bonchev–Trinajstić information content (AvgIpc) is 2.85. The van der Waals surface area contributed by atoms with Crippen molar-refractivity contribution >= 4 is 27.8 Å². The van der Waals surface area contributed by atoms with Crippen LogP contribution in [-0.2, 0) is 18.0 Å². The van der Waals surface area contributed by atoms with Crippen molar-refractivity contribution in [1.29, 1.82) is 0 Å². The third-order valence-corrected chi connectivity index (χ3v) is 3.68. The van der Waals surface area contributed by atoms with Gasteiger partial charge < -0.3 is 15.4 Å². The van der Waals surface area contributed by atoms with Crippen LogP contribution in [0.3, 0.4) is 0 Å². The number of fused-ring (bicyclic) bond motifs is 3. The van der Waals surface area contributed by atoms with Gasteiger partial charge in [-0.15, -0.1) is 0 Å². The highest BCUT2D eigenvalue weighted by Crippen LogP contribution is 2.30. The van der Waals surface area contributed by atoms with E-state index in [-0.39, 0.29) is 6.61 Å². The number of hydrogen-bond acceptors (Lipinski definition) is 6. The van der Waals surface area contributed by atoms with E-state index in [1.54, 1.807) is 20.8 Å². The SMILES string of the molecule is C=C(C)NOCc1nc2c(N)nc3ccccc3c2n1CC(C)(C)O. The van der Waals surface area contributed by atoms with E-state index in [0.29, 0.717) is 29.4 Å². The van der Waals surface area contributed by atoms with Gasteiger partial charge in [-0.2, -0.15) is 0 Å². The quantitative estimate of drug-likeness (QED) is 0.596. The van der Waals surface area contributed by atoms with Gasteiger partial charge in [-0.05, 0) is 26.8 Å². The molecule has 0 fully saturated rings. The first-order valence-corrected chi connectivity index (χ1v) is 8.05. The number of benzene rings is 1. The minimum atomic E-state index is -0.927. The second-order valence-electron chi connectivity index (χ2n) is 6.81. The van der Waals surface area contributed by atoms with Crippen LogP contribution in [0.4, 0.5) is 5.82 Å². The summed E-state index contributed by atoms with van der Waals surface area (Å²) in [5, 5.41) is 11.3. The van der Waals surface area contributed by atoms with E-state index in [0.717, 1.165) is 16.4 Å². The van der Waals surface area contributed by atoms with E-state index in [1.807, 2.05) is 28.8 Å². The first-order chi connectivity index (χ1) is 11.8. The van der Waals surface area contributed by atoms with Crippen molar-refractivity contribution in [2.75, 3.05) is 5.73 Å². The summed E-state index contributed by atoms with van der Waals surface area (Å²) in [6.45, 7) is 9.59. The molecule has 2 aromatic heterocycles. The van der Waals surface area contributed by atoms with Crippen molar-refractivity contribution in [3.05, 3.63) is 42.4 Å². The molecule has 4 N–H and O–H groups in total. The topological polar surface area (TPSA) is 98.2 Å². The Morgan fingerprint density at radius 3 is 2.76 bits per heavy atom. The molecule has 0 radical (unpaired) electrons. The molecule has 7 heteroatoms. The first-order valence-electron chi connectivity index (χ1n) is 8.05. The predicted octanol–water partition coefficient (Wildman–Crippen LogP) is 2.49. The molecular formula is C18H23N5O2. The number of allylic oxidation sites excluding steroid dienone is 1. The molecule has 0 atom stereocenters. The molecule has 2 heterocycles. The van der Waals surface area contributed by atoms with Gasteiger partial charge in [0.15, 0.2) is 5.82 Å². The molecule has 0 aliphatic rings. The van der Waals surface area contributed by atoms with E-state index in [2.05, 4.69) is 22.0 Å². The van der Waals surface area contributed by atoms with Crippen molar-refractivity contribution in [3.63, 3.8) is 0 Å². The second kappa shape index (κ2) is 6.34. The minimum absolute atomic E-state index is 0.200. The van der Waals surface area contributed by atoms with Crippen LogP contribution in [-0.4, -0.2) is 25.2 Å². The van der Waals surface area contributed by atoms with Crippen LogP contribution in [0.25, 0.3) is 21.9 Å². The molecule has 3 aromatic rings. The van der Waals surface area contributed by atoms with Gasteiger partial charge in [0.05, 0.1) is 23.2 Å². The first kappa shape index (κ1) is 17.2. The highest BCUT2D eigenvalue weighted by atomic mass is 16.6. The zero-order valence-electron chi connectivity index (χ0n) is 14.7. The summed E-state index contributed by atoms with van der Waals surface area (Å²) in [6.07, 6.45) is 0. The maximum absolute atomic E-state index is 10.4. The van der Waals surface area contributed by atoms with Crippen LogP contribution in [0.15, 0.2) is 36.5 Å². The van der Waals surface area contributed by atoms with Crippen LogP contribution in [0.5, 0.6) is 0 Å². The molecule has 0 saturated heterocycles. The molecule has 1 aromatic carbocycles. The molecule has 0 spiro atoms. The summed E-state index contributed by atoms with van der Waals surface area (Å²) in [5.74, 6) is 1.01. The number of para-hydroxylation sites is 1. The molecule has 0 saturated carbocycles. The molecular weight excluding hydrogens is 318 g/mol. The van der Waals surface area contributed by atoms with E-state index in [4.69, 9.17) is 10.6 Å². The molecule has 0 aliphatic carbocycles. The lowest BCUT2D eigenvalue weighted by Gasteiger charge is -2.20. The van der Waals surface area contributed by atoms with Gasteiger partial charge in [-0.3, -0.25) is 10.3 Å². The summed E-state index contributed by atoms with van der Waals surface area (Å²) in [4.78, 5) is 14.5. The fourth-order valence-corrected chi connectivity index (χ4v) is 2.80. The van der Waals surface area contributed by atoms with Crippen molar-refractivity contribution < 1.29 is 9.94 Å². The van der Waals surface area contributed by atoms with E-state index < -0.39 is 5.60 Å². The third kappa shape index (κ3) is 3.57. The third-order valence-electron chi connectivity index (χ3n) is 3.68. The van der Waals surface area contributed by atoms with Gasteiger partial charge in [0.1, 0.15) is 17.9 Å². The van der Waals surface area contributed by atoms with Gasteiger partial charge >= 0.3 is 0 Å². The van der Waals surface area contributed by atoms with Crippen molar-refractivity contribution in [2.45, 2.75) is 39.5 Å². The van der Waals surface area contributed by atoms with Crippen molar-refractivity contribution in [2.24, 2.45) is 0 Å². The Morgan fingerprint density at radius 1 is 1.36 bits per heavy atom. The maximum Gasteiger partial charge on any atom is 0.152 e. The number of aromatic nitrogens is 3. The lowest BCUT2D eigenvalue weighted by atomic mass is 10.1. The Labute approximate surface area is 146 Å². The number of hydroxylamine groups is 1. The number of imidazole rings is 1. The smallest absolute Gasteiger partial charge is 0.152 e. The number of anilines is 1. The lowest BCUT2D eigenvalue weighted by molar-refractivity contribution is 0.0356. The number of hydrogen-bond donors (Lipinski definition) is 3. The molecule has 25 heavy (non-hydrogen) atoms. The Morgan fingerprint density at radius 2 is 2.08 bits per heavy atom. The van der Waals surface area contributed by atoms with Gasteiger partial charge in [0.2, 0.25) is 0 Å². The minimum Gasteiger partial charge on any atom is -0.389 e. The van der Waals surface area contributed by atoms with Gasteiger partial charge in [0.25, 0.3) is 0 Å². The molecule has 7 nitrogen and oxygen atoms in total. The number of rotatable bonds is 6. The van der Waals surface area contributed by atoms with Crippen LogP contribution < -0.4 is 11.2 Å². The monoisotopic (exact) mass is 341 g/mol. The summed E-state index contributed by atoms with van der Waals surface area (Å²) >= 11 is 0. The molecule has 0 bridgehead atoms. The largest absolute Gasteiger partial charge is 0.389 e. The zero-order valence-corrected chi connectivity index (χ0v) is 14.7. The average molecular weight is 341 g/mol. The zero-order chi connectivity index (χ0) is 18.2. The van der Waals surface area contributed by atoms with Crippen LogP contribution in [0.1, 0.15) is 26.6 Å². The maximum atomic E-state index is 10.4. The Balaban J connectivity index is 2.20. The normalized spacial score (nSPS) is 12.0. The number of pyridine rings is 1. The highest BCUT2D eigenvalue weighted by Gasteiger charge is 2.22. The number of nitrogen functional groups attached to an aromatic ring is 1. The molecule has 0 aliphatic heterocycles. The number of nitrogens with zero attached hydrogens (tertiary/aromatic N) is 3. The van der Waals surface area contributed by atoms with Crippen LogP contribution in [0, 0.1) is 0 Å². The fourth-order valence-electron chi connectivity index (χ4n) is 2.80. The predicted molar refractivity (Wildman–Crippen MR) is 98.5 cm³/mol. The second-order valence-corrected chi connectivity index (χ2v) is 6.81. The van der Waals surface area contributed by atoms with Gasteiger partial charge in [-0.1, -0.05) is 24.8 Å². The summed E-state index contributed by atoms with van der Waals surface area (Å²) in [7, 11) is 0. The van der Waals surface area contributed by atoms with E-state index >= 15 is 0 Å². The molecule has 0 amide bonds. The molecule has 132 valence electrons.